The average Bonchev–Trinajstić information content (AvgIpc) is 2.50. The van der Waals surface area contributed by atoms with Crippen LogP contribution in [0.5, 0.6) is 0 Å². The van der Waals surface area contributed by atoms with Crippen LogP contribution in [0.2, 0.25) is 0 Å². The third-order valence-corrected chi connectivity index (χ3v) is 3.24. The zero-order valence-electron chi connectivity index (χ0n) is 11.5. The molecule has 7 nitrogen and oxygen atoms in total. The molecule has 0 saturated heterocycles. The zero-order valence-corrected chi connectivity index (χ0v) is 11.5. The van der Waals surface area contributed by atoms with Crippen LogP contribution in [0.1, 0.15) is 24.0 Å². The highest BCUT2D eigenvalue weighted by molar-refractivity contribution is 5.82. The van der Waals surface area contributed by atoms with Crippen molar-refractivity contribution in [2.75, 3.05) is 0 Å². The summed E-state index contributed by atoms with van der Waals surface area (Å²) < 4.78 is 1.23. The number of benzene rings is 1. The number of nitrogens with zero attached hydrogens (tertiary/aromatic N) is 1. The number of nitrogens with one attached hydrogen (secondary N) is 2. The Labute approximate surface area is 120 Å². The zero-order chi connectivity index (χ0) is 15.4. The van der Waals surface area contributed by atoms with Crippen molar-refractivity contribution in [3.8, 4) is 0 Å². The summed E-state index contributed by atoms with van der Waals surface area (Å²) in [4.78, 5) is 34.3. The van der Waals surface area contributed by atoms with Gasteiger partial charge in [0.25, 0.3) is 11.1 Å². The van der Waals surface area contributed by atoms with Crippen molar-refractivity contribution < 1.29 is 4.79 Å². The Balaban J connectivity index is 2.20. The normalized spacial score (nSPS) is 11.9. The fourth-order valence-corrected chi connectivity index (χ4v) is 1.95. The first kappa shape index (κ1) is 14.7. The van der Waals surface area contributed by atoms with Crippen molar-refractivity contribution in [3.05, 3.63) is 68.2 Å². The second-order valence-electron chi connectivity index (χ2n) is 4.71. The Morgan fingerprint density at radius 1 is 1.24 bits per heavy atom. The van der Waals surface area contributed by atoms with E-state index in [1.165, 1.54) is 16.8 Å². The molecule has 110 valence electrons. The Kier molecular flexibility index (Phi) is 4.34. The maximum atomic E-state index is 11.6. The maximum Gasteiger partial charge on any atom is 0.265 e. The van der Waals surface area contributed by atoms with Crippen molar-refractivity contribution in [1.82, 2.24) is 15.2 Å². The summed E-state index contributed by atoms with van der Waals surface area (Å²) in [6.45, 7) is 2.00. The monoisotopic (exact) mass is 288 g/mol. The topological polar surface area (TPSA) is 110 Å². The average molecular weight is 288 g/mol. The molecule has 0 aliphatic carbocycles. The van der Waals surface area contributed by atoms with Crippen LogP contribution in [0.3, 0.4) is 0 Å². The molecule has 1 unspecified atom stereocenters. The van der Waals surface area contributed by atoms with Gasteiger partial charge in [0.1, 0.15) is 0 Å². The van der Waals surface area contributed by atoms with E-state index in [2.05, 4.69) is 10.5 Å². The molecule has 1 amide bonds. The number of carbonyl (C=O) groups excluding carboxylic acids is 1. The molecule has 0 aliphatic rings. The summed E-state index contributed by atoms with van der Waals surface area (Å²) in [5, 5.41) is 2.46. The number of aromatic amines is 1. The molecule has 7 heteroatoms. The van der Waals surface area contributed by atoms with Gasteiger partial charge in [0, 0.05) is 12.1 Å². The summed E-state index contributed by atoms with van der Waals surface area (Å²) >= 11 is 0. The number of carbonyl (C=O) groups is 1. The van der Waals surface area contributed by atoms with E-state index < -0.39 is 0 Å². The molecule has 0 radical (unpaired) electrons. The molecule has 1 heterocycles. The SMILES string of the molecule is CC(C(=O)NN)c1ccc(Cn2[nH]c(=O)ccc2=O)cc1. The van der Waals surface area contributed by atoms with E-state index in [1.54, 1.807) is 31.2 Å². The van der Waals surface area contributed by atoms with Gasteiger partial charge in [0.05, 0.1) is 12.5 Å². The highest BCUT2D eigenvalue weighted by Gasteiger charge is 2.13. The molecule has 0 bridgehead atoms. The summed E-state index contributed by atoms with van der Waals surface area (Å²) in [5.41, 5.74) is 3.14. The van der Waals surface area contributed by atoms with E-state index >= 15 is 0 Å². The van der Waals surface area contributed by atoms with Crippen LogP contribution in [0.25, 0.3) is 0 Å². The number of hydrogen-bond donors (Lipinski definition) is 3. The minimum Gasteiger partial charge on any atom is -0.294 e. The molecular weight excluding hydrogens is 272 g/mol. The number of nitrogens with two attached hydrogens (primary N) is 1. The predicted molar refractivity (Wildman–Crippen MR) is 77.6 cm³/mol. The molecular formula is C14H16N4O3. The van der Waals surface area contributed by atoms with Gasteiger partial charge in [-0.05, 0) is 18.1 Å². The summed E-state index contributed by atoms with van der Waals surface area (Å²) in [5.74, 6) is 4.47. The fourth-order valence-electron chi connectivity index (χ4n) is 1.95. The van der Waals surface area contributed by atoms with E-state index in [1.807, 2.05) is 0 Å². The number of aromatic nitrogens is 2. The van der Waals surface area contributed by atoms with Crippen LogP contribution in [-0.2, 0) is 11.3 Å². The van der Waals surface area contributed by atoms with Gasteiger partial charge in [-0.25, -0.2) is 10.5 Å². The quantitative estimate of drug-likeness (QED) is 0.407. The van der Waals surface area contributed by atoms with Crippen molar-refractivity contribution in [2.24, 2.45) is 5.84 Å². The lowest BCUT2D eigenvalue weighted by Crippen LogP contribution is -2.33. The molecule has 0 saturated carbocycles. The molecule has 1 atom stereocenters. The number of rotatable bonds is 4. The molecule has 0 aliphatic heterocycles. The van der Waals surface area contributed by atoms with Gasteiger partial charge >= 0.3 is 0 Å². The molecule has 4 N–H and O–H groups in total. The van der Waals surface area contributed by atoms with Crippen molar-refractivity contribution in [3.63, 3.8) is 0 Å². The van der Waals surface area contributed by atoms with Gasteiger partial charge < -0.3 is 0 Å². The fraction of sp³-hybridized carbons (Fsp3) is 0.214. The molecule has 2 aromatic rings. The van der Waals surface area contributed by atoms with Gasteiger partial charge in [-0.1, -0.05) is 24.3 Å². The minimum atomic E-state index is -0.358. The van der Waals surface area contributed by atoms with Gasteiger partial charge in [0.15, 0.2) is 0 Å². The number of amides is 1. The van der Waals surface area contributed by atoms with E-state index in [4.69, 9.17) is 5.84 Å². The smallest absolute Gasteiger partial charge is 0.265 e. The largest absolute Gasteiger partial charge is 0.294 e. The lowest BCUT2D eigenvalue weighted by Gasteiger charge is -2.11. The van der Waals surface area contributed by atoms with Crippen LogP contribution < -0.4 is 22.4 Å². The highest BCUT2D eigenvalue weighted by Crippen LogP contribution is 2.16. The number of H-pyrrole nitrogens is 1. The standard InChI is InChI=1S/C14H16N4O3/c1-9(14(21)16-15)11-4-2-10(3-5-11)8-18-13(20)7-6-12(19)17-18/h2-7,9H,8,15H2,1H3,(H,16,21)(H,17,19). The Morgan fingerprint density at radius 3 is 2.52 bits per heavy atom. The summed E-state index contributed by atoms with van der Waals surface area (Å²) in [6, 6.07) is 9.60. The van der Waals surface area contributed by atoms with Crippen LogP contribution in [-0.4, -0.2) is 15.7 Å². The van der Waals surface area contributed by atoms with Crippen LogP contribution in [0.15, 0.2) is 46.0 Å². The van der Waals surface area contributed by atoms with E-state index in [9.17, 15) is 14.4 Å². The van der Waals surface area contributed by atoms with Crippen molar-refractivity contribution in [2.45, 2.75) is 19.4 Å². The first-order valence-electron chi connectivity index (χ1n) is 6.40. The first-order valence-corrected chi connectivity index (χ1v) is 6.40. The Bertz CT molecular complexity index is 746. The molecule has 2 rings (SSSR count). The molecule has 1 aromatic heterocycles. The third-order valence-electron chi connectivity index (χ3n) is 3.24. The predicted octanol–water partition coefficient (Wildman–Crippen LogP) is -0.322. The second-order valence-corrected chi connectivity index (χ2v) is 4.71. The maximum absolute atomic E-state index is 11.6. The van der Waals surface area contributed by atoms with Gasteiger partial charge in [0.2, 0.25) is 5.91 Å². The van der Waals surface area contributed by atoms with Gasteiger partial charge in [-0.3, -0.25) is 24.9 Å². The lowest BCUT2D eigenvalue weighted by atomic mass is 9.99. The number of hydrogen-bond acceptors (Lipinski definition) is 4. The highest BCUT2D eigenvalue weighted by atomic mass is 16.2. The number of hydrazine groups is 1. The first-order chi connectivity index (χ1) is 10.0. The Morgan fingerprint density at radius 2 is 1.90 bits per heavy atom. The molecule has 0 spiro atoms. The van der Waals surface area contributed by atoms with Crippen LogP contribution in [0, 0.1) is 0 Å². The molecule has 1 aromatic carbocycles. The molecule has 21 heavy (non-hydrogen) atoms. The summed E-state index contributed by atoms with van der Waals surface area (Å²) in [6.07, 6.45) is 0. The van der Waals surface area contributed by atoms with Crippen molar-refractivity contribution in [1.29, 1.82) is 0 Å². The Hall–Kier alpha value is -2.67. The van der Waals surface area contributed by atoms with Gasteiger partial charge in [-0.2, -0.15) is 0 Å². The van der Waals surface area contributed by atoms with E-state index in [-0.39, 0.29) is 29.5 Å². The van der Waals surface area contributed by atoms with Crippen LogP contribution in [0.4, 0.5) is 0 Å². The minimum absolute atomic E-state index is 0.257. The van der Waals surface area contributed by atoms with E-state index in [0.717, 1.165) is 11.1 Å². The van der Waals surface area contributed by atoms with E-state index in [0.29, 0.717) is 0 Å². The molecule has 0 fully saturated rings. The van der Waals surface area contributed by atoms with Crippen molar-refractivity contribution >= 4 is 5.91 Å². The summed E-state index contributed by atoms with van der Waals surface area (Å²) in [7, 11) is 0. The second kappa shape index (κ2) is 6.19. The third kappa shape index (κ3) is 3.46. The lowest BCUT2D eigenvalue weighted by molar-refractivity contribution is -0.122. The van der Waals surface area contributed by atoms with Crippen LogP contribution >= 0.6 is 0 Å². The van der Waals surface area contributed by atoms with Gasteiger partial charge in [-0.15, -0.1) is 0 Å².